The third kappa shape index (κ3) is 2.48. The molecule has 0 spiro atoms. The molecule has 0 bridgehead atoms. The monoisotopic (exact) mass is 349 g/mol. The molecule has 1 aromatic heterocycles. The van der Waals surface area contributed by atoms with Crippen molar-refractivity contribution < 1.29 is 0 Å². The Kier molecular flexibility index (Phi) is 3.55. The first-order valence-electron chi connectivity index (χ1n) is 7.29. The molecule has 4 rings (SSSR count). The van der Waals surface area contributed by atoms with Gasteiger partial charge in [0.15, 0.2) is 0 Å². The fraction of sp³-hybridized carbons (Fsp3) is 0. The van der Waals surface area contributed by atoms with E-state index < -0.39 is 0 Å². The van der Waals surface area contributed by atoms with Gasteiger partial charge in [0.1, 0.15) is 0 Å². The molecule has 106 valence electrons. The van der Waals surface area contributed by atoms with Gasteiger partial charge in [-0.15, -0.1) is 0 Å². The average Bonchev–Trinajstić information content (AvgIpc) is 3.03. The van der Waals surface area contributed by atoms with Crippen molar-refractivity contribution in [3.63, 3.8) is 0 Å². The van der Waals surface area contributed by atoms with Crippen LogP contribution in [0.1, 0.15) is 0 Å². The second-order valence-electron chi connectivity index (χ2n) is 5.18. The summed E-state index contributed by atoms with van der Waals surface area (Å²) >= 11 is 0.363. The van der Waals surface area contributed by atoms with Crippen LogP contribution in [0.25, 0.3) is 21.9 Å². The summed E-state index contributed by atoms with van der Waals surface area (Å²) < 4.78 is 1.33. The van der Waals surface area contributed by atoms with Crippen molar-refractivity contribution in [2.45, 2.75) is 0 Å². The minimum absolute atomic E-state index is 0.363. The molecule has 1 N–H and O–H groups in total. The van der Waals surface area contributed by atoms with E-state index in [-0.39, 0.29) is 0 Å². The Labute approximate surface area is 136 Å². The maximum atomic E-state index is 3.60. The number of rotatable bonds is 3. The fourth-order valence-corrected chi connectivity index (χ4v) is 4.46. The standard InChI is InChI=1S/C20H15NSe/c1-2-9-16(10-3-1)21-20-19(13-14-22-20)18-12-6-8-15-7-4-5-11-17(15)18/h1-14,21H. The molecule has 4 aromatic rings. The van der Waals surface area contributed by atoms with Crippen molar-refractivity contribution >= 4 is 35.5 Å². The molecule has 0 fully saturated rings. The van der Waals surface area contributed by atoms with E-state index in [1.54, 1.807) is 0 Å². The van der Waals surface area contributed by atoms with Crippen molar-refractivity contribution in [3.05, 3.63) is 83.8 Å². The average molecular weight is 348 g/mol. The first-order valence-corrected chi connectivity index (χ1v) is 9.14. The van der Waals surface area contributed by atoms with E-state index in [4.69, 9.17) is 0 Å². The first-order chi connectivity index (χ1) is 10.9. The zero-order valence-corrected chi connectivity index (χ0v) is 13.7. The molecule has 0 radical (unpaired) electrons. The summed E-state index contributed by atoms with van der Waals surface area (Å²) in [5, 5.41) is 6.20. The SMILES string of the molecule is c1ccc(Nc2[se]ccc2-c2cccc3ccccc23)cc1. The predicted octanol–water partition coefficient (Wildman–Crippen LogP) is 5.31. The molecule has 0 saturated carbocycles. The summed E-state index contributed by atoms with van der Waals surface area (Å²) in [6.45, 7) is 0. The number of hydrogen-bond acceptors (Lipinski definition) is 1. The molecule has 0 atom stereocenters. The summed E-state index contributed by atoms with van der Waals surface area (Å²) in [4.78, 5) is 2.29. The van der Waals surface area contributed by atoms with Gasteiger partial charge in [-0.05, 0) is 0 Å². The normalized spacial score (nSPS) is 10.7. The van der Waals surface area contributed by atoms with Crippen LogP contribution in [-0.4, -0.2) is 14.5 Å². The topological polar surface area (TPSA) is 12.0 Å². The van der Waals surface area contributed by atoms with Gasteiger partial charge < -0.3 is 0 Å². The van der Waals surface area contributed by atoms with Crippen LogP contribution in [-0.2, 0) is 0 Å². The Hall–Kier alpha value is -2.28. The summed E-state index contributed by atoms with van der Waals surface area (Å²) in [5.41, 5.74) is 3.79. The van der Waals surface area contributed by atoms with Crippen molar-refractivity contribution in [1.29, 1.82) is 0 Å². The van der Waals surface area contributed by atoms with Gasteiger partial charge in [-0.1, -0.05) is 0 Å². The summed E-state index contributed by atoms with van der Waals surface area (Å²) in [6, 6.07) is 27.8. The molecule has 1 nitrogen and oxygen atoms in total. The maximum absolute atomic E-state index is 3.60. The van der Waals surface area contributed by atoms with Crippen LogP contribution in [0.2, 0.25) is 0 Å². The van der Waals surface area contributed by atoms with Gasteiger partial charge >= 0.3 is 136 Å². The zero-order chi connectivity index (χ0) is 14.8. The van der Waals surface area contributed by atoms with Gasteiger partial charge in [-0.3, -0.25) is 0 Å². The first kappa shape index (κ1) is 13.4. The van der Waals surface area contributed by atoms with E-state index in [0.717, 1.165) is 5.69 Å². The number of anilines is 2. The molecule has 0 aliphatic rings. The second-order valence-corrected chi connectivity index (χ2v) is 7.10. The van der Waals surface area contributed by atoms with Gasteiger partial charge in [0.05, 0.1) is 0 Å². The quantitative estimate of drug-likeness (QED) is 0.495. The van der Waals surface area contributed by atoms with E-state index in [0.29, 0.717) is 14.5 Å². The minimum atomic E-state index is 0.363. The van der Waals surface area contributed by atoms with E-state index in [1.165, 1.54) is 26.5 Å². The van der Waals surface area contributed by atoms with Crippen LogP contribution < -0.4 is 5.32 Å². The summed E-state index contributed by atoms with van der Waals surface area (Å²) in [6.07, 6.45) is 0. The van der Waals surface area contributed by atoms with Crippen LogP contribution in [0.3, 0.4) is 0 Å². The van der Waals surface area contributed by atoms with Crippen molar-refractivity contribution in [1.82, 2.24) is 0 Å². The summed E-state index contributed by atoms with van der Waals surface area (Å²) in [7, 11) is 0. The van der Waals surface area contributed by atoms with Crippen LogP contribution in [0.5, 0.6) is 0 Å². The zero-order valence-electron chi connectivity index (χ0n) is 12.0. The van der Waals surface area contributed by atoms with Crippen LogP contribution >= 0.6 is 0 Å². The predicted molar refractivity (Wildman–Crippen MR) is 96.0 cm³/mol. The number of fused-ring (bicyclic) bond motifs is 1. The Balaban J connectivity index is 1.82. The molecule has 3 aromatic carbocycles. The van der Waals surface area contributed by atoms with Gasteiger partial charge in [0.25, 0.3) is 0 Å². The molecule has 2 heteroatoms. The second kappa shape index (κ2) is 5.84. The van der Waals surface area contributed by atoms with Gasteiger partial charge in [0.2, 0.25) is 0 Å². The molecule has 0 aliphatic heterocycles. The number of hydrogen-bond donors (Lipinski definition) is 1. The number of para-hydroxylation sites is 1. The van der Waals surface area contributed by atoms with Crippen LogP contribution in [0.15, 0.2) is 83.8 Å². The Bertz CT molecular complexity index is 904. The van der Waals surface area contributed by atoms with Crippen LogP contribution in [0.4, 0.5) is 10.2 Å². The molecular weight excluding hydrogens is 333 g/mol. The van der Waals surface area contributed by atoms with Gasteiger partial charge in [-0.25, -0.2) is 0 Å². The van der Waals surface area contributed by atoms with E-state index in [1.807, 2.05) is 6.07 Å². The number of benzene rings is 3. The third-order valence-electron chi connectivity index (χ3n) is 3.78. The van der Waals surface area contributed by atoms with Crippen LogP contribution in [0, 0.1) is 0 Å². The van der Waals surface area contributed by atoms with Crippen molar-refractivity contribution in [3.8, 4) is 11.1 Å². The number of nitrogens with one attached hydrogen (secondary N) is 1. The molecular formula is C20H15NSe. The molecule has 0 aliphatic carbocycles. The van der Waals surface area contributed by atoms with E-state index >= 15 is 0 Å². The van der Waals surface area contributed by atoms with Crippen molar-refractivity contribution in [2.75, 3.05) is 5.32 Å². The Morgan fingerprint density at radius 2 is 1.41 bits per heavy atom. The third-order valence-corrected chi connectivity index (χ3v) is 5.52. The molecule has 22 heavy (non-hydrogen) atoms. The molecule has 1 heterocycles. The fourth-order valence-electron chi connectivity index (χ4n) is 2.73. The Morgan fingerprint density at radius 3 is 2.32 bits per heavy atom. The van der Waals surface area contributed by atoms with Gasteiger partial charge in [0, 0.05) is 0 Å². The van der Waals surface area contributed by atoms with E-state index in [9.17, 15) is 0 Å². The molecule has 0 amide bonds. The molecule has 0 saturated heterocycles. The molecule has 0 unspecified atom stereocenters. The van der Waals surface area contributed by atoms with Crippen molar-refractivity contribution in [2.24, 2.45) is 0 Å². The van der Waals surface area contributed by atoms with Gasteiger partial charge in [-0.2, -0.15) is 0 Å². The Morgan fingerprint density at radius 1 is 0.636 bits per heavy atom. The summed E-state index contributed by atoms with van der Waals surface area (Å²) in [5.74, 6) is 0. The van der Waals surface area contributed by atoms with E-state index in [2.05, 4.69) is 83.1 Å².